The quantitative estimate of drug-likeness (QED) is 0.153. The standard InChI is InChI=1S/C58H39NO/c1-4-16-41(17-5-1)48-35-31-45(38-53(48)43-20-8-3-9-21-43)40-28-33-47(34-29-40)59(55-26-14-12-23-49(55)42-18-6-2-7-19-42)56-27-15-13-24-50(56)46-32-37-57-54(39-46)52-36-30-44-22-10-11-25-51(44)58(52)60-57/h1-39H. The van der Waals surface area contributed by atoms with Crippen LogP contribution < -0.4 is 4.90 Å². The summed E-state index contributed by atoms with van der Waals surface area (Å²) in [5.41, 5.74) is 16.8. The van der Waals surface area contributed by atoms with E-state index in [1.165, 1.54) is 33.2 Å². The summed E-state index contributed by atoms with van der Waals surface area (Å²) in [6.45, 7) is 0. The van der Waals surface area contributed by atoms with Gasteiger partial charge < -0.3 is 9.32 Å². The molecule has 0 saturated heterocycles. The summed E-state index contributed by atoms with van der Waals surface area (Å²) >= 11 is 0. The number of furan rings is 1. The molecule has 0 saturated carbocycles. The average Bonchev–Trinajstić information content (AvgIpc) is 3.71. The van der Waals surface area contributed by atoms with Gasteiger partial charge in [0, 0.05) is 33.0 Å². The fraction of sp³-hybridized carbons (Fsp3) is 0. The first-order valence-corrected chi connectivity index (χ1v) is 20.5. The Morgan fingerprint density at radius 1 is 0.283 bits per heavy atom. The molecule has 0 aliphatic heterocycles. The van der Waals surface area contributed by atoms with Crippen molar-refractivity contribution in [2.45, 2.75) is 0 Å². The predicted molar refractivity (Wildman–Crippen MR) is 253 cm³/mol. The molecular weight excluding hydrogens is 727 g/mol. The van der Waals surface area contributed by atoms with Crippen molar-refractivity contribution in [2.75, 3.05) is 4.90 Å². The number of rotatable bonds is 8. The van der Waals surface area contributed by atoms with Gasteiger partial charge in [-0.1, -0.05) is 188 Å². The number of nitrogens with zero attached hydrogens (tertiary/aromatic N) is 1. The molecule has 11 aromatic rings. The Bertz CT molecular complexity index is 3290. The van der Waals surface area contributed by atoms with Gasteiger partial charge in [0.1, 0.15) is 11.2 Å². The third-order valence-corrected chi connectivity index (χ3v) is 11.7. The largest absolute Gasteiger partial charge is 0.455 e. The number of hydrogen-bond donors (Lipinski definition) is 0. The summed E-state index contributed by atoms with van der Waals surface area (Å²) in [4.78, 5) is 2.42. The van der Waals surface area contributed by atoms with E-state index >= 15 is 0 Å². The minimum absolute atomic E-state index is 0.886. The molecule has 0 spiro atoms. The van der Waals surface area contributed by atoms with Crippen LogP contribution in [-0.2, 0) is 0 Å². The summed E-state index contributed by atoms with van der Waals surface area (Å²) in [5, 5.41) is 4.53. The number of anilines is 3. The van der Waals surface area contributed by atoms with Crippen molar-refractivity contribution >= 4 is 49.8 Å². The molecule has 2 heteroatoms. The molecule has 1 heterocycles. The number of fused-ring (bicyclic) bond motifs is 5. The predicted octanol–water partition coefficient (Wildman–Crippen LogP) is 16.5. The maximum Gasteiger partial charge on any atom is 0.143 e. The fourth-order valence-electron chi connectivity index (χ4n) is 8.78. The second kappa shape index (κ2) is 15.1. The first-order chi connectivity index (χ1) is 29.8. The second-order valence-electron chi connectivity index (χ2n) is 15.3. The maximum absolute atomic E-state index is 6.54. The maximum atomic E-state index is 6.54. The highest BCUT2D eigenvalue weighted by atomic mass is 16.3. The van der Waals surface area contributed by atoms with Gasteiger partial charge in [0.15, 0.2) is 0 Å². The van der Waals surface area contributed by atoms with Gasteiger partial charge in [-0.05, 0) is 98.4 Å². The first kappa shape index (κ1) is 35.2. The van der Waals surface area contributed by atoms with Gasteiger partial charge in [0.05, 0.1) is 11.4 Å². The fourth-order valence-corrected chi connectivity index (χ4v) is 8.78. The average molecular weight is 766 g/mol. The van der Waals surface area contributed by atoms with Gasteiger partial charge >= 0.3 is 0 Å². The Hall–Kier alpha value is -7.94. The smallest absolute Gasteiger partial charge is 0.143 e. The zero-order valence-electron chi connectivity index (χ0n) is 32.9. The summed E-state index contributed by atoms with van der Waals surface area (Å²) in [6.07, 6.45) is 0. The lowest BCUT2D eigenvalue weighted by atomic mass is 9.91. The molecule has 2 nitrogen and oxygen atoms in total. The third kappa shape index (κ3) is 6.32. The highest BCUT2D eigenvalue weighted by Crippen LogP contribution is 2.46. The molecule has 0 aliphatic carbocycles. The van der Waals surface area contributed by atoms with Crippen molar-refractivity contribution in [2.24, 2.45) is 0 Å². The molecule has 10 aromatic carbocycles. The van der Waals surface area contributed by atoms with E-state index in [-0.39, 0.29) is 0 Å². The van der Waals surface area contributed by atoms with Crippen LogP contribution >= 0.6 is 0 Å². The van der Waals surface area contributed by atoms with E-state index < -0.39 is 0 Å². The molecule has 11 rings (SSSR count). The van der Waals surface area contributed by atoms with Crippen LogP contribution in [0.2, 0.25) is 0 Å². The topological polar surface area (TPSA) is 16.4 Å². The van der Waals surface area contributed by atoms with Crippen molar-refractivity contribution in [1.82, 2.24) is 0 Å². The highest BCUT2D eigenvalue weighted by molar-refractivity contribution is 6.15. The van der Waals surface area contributed by atoms with Crippen molar-refractivity contribution in [3.05, 3.63) is 237 Å². The van der Waals surface area contributed by atoms with Crippen LogP contribution in [-0.4, -0.2) is 0 Å². The van der Waals surface area contributed by atoms with Gasteiger partial charge in [0.2, 0.25) is 0 Å². The minimum Gasteiger partial charge on any atom is -0.455 e. The second-order valence-corrected chi connectivity index (χ2v) is 15.3. The zero-order valence-corrected chi connectivity index (χ0v) is 32.9. The summed E-state index contributed by atoms with van der Waals surface area (Å²) in [5.74, 6) is 0. The van der Waals surface area contributed by atoms with Crippen molar-refractivity contribution in [3.8, 4) is 55.6 Å². The van der Waals surface area contributed by atoms with E-state index in [2.05, 4.69) is 241 Å². The van der Waals surface area contributed by atoms with Gasteiger partial charge in [-0.3, -0.25) is 0 Å². The van der Waals surface area contributed by atoms with Gasteiger partial charge in [-0.25, -0.2) is 0 Å². The summed E-state index contributed by atoms with van der Waals surface area (Å²) < 4.78 is 6.54. The number of benzene rings is 10. The summed E-state index contributed by atoms with van der Waals surface area (Å²) in [6, 6.07) is 84.9. The van der Waals surface area contributed by atoms with Crippen molar-refractivity contribution in [3.63, 3.8) is 0 Å². The van der Waals surface area contributed by atoms with Crippen LogP contribution in [0.15, 0.2) is 241 Å². The molecule has 0 bridgehead atoms. The van der Waals surface area contributed by atoms with E-state index in [0.29, 0.717) is 0 Å². The molecular formula is C58H39NO. The highest BCUT2D eigenvalue weighted by Gasteiger charge is 2.21. The van der Waals surface area contributed by atoms with E-state index in [1.54, 1.807) is 0 Å². The Morgan fingerprint density at radius 2 is 0.817 bits per heavy atom. The third-order valence-electron chi connectivity index (χ3n) is 11.7. The van der Waals surface area contributed by atoms with E-state index in [0.717, 1.165) is 72.2 Å². The van der Waals surface area contributed by atoms with E-state index in [9.17, 15) is 0 Å². The van der Waals surface area contributed by atoms with Crippen LogP contribution in [0.4, 0.5) is 17.1 Å². The van der Waals surface area contributed by atoms with Gasteiger partial charge in [-0.15, -0.1) is 0 Å². The SMILES string of the molecule is c1ccc(-c2ccc(-c3ccc(N(c4ccccc4-c4ccccc4)c4ccccc4-c4ccc5oc6c7ccccc7ccc6c5c4)cc3)cc2-c2ccccc2)cc1. The van der Waals surface area contributed by atoms with Crippen molar-refractivity contribution < 1.29 is 4.42 Å². The molecule has 282 valence electrons. The van der Waals surface area contributed by atoms with Crippen LogP contribution in [0, 0.1) is 0 Å². The molecule has 0 radical (unpaired) electrons. The Labute approximate surface area is 349 Å². The van der Waals surface area contributed by atoms with Gasteiger partial charge in [-0.2, -0.15) is 0 Å². The van der Waals surface area contributed by atoms with E-state index in [4.69, 9.17) is 4.42 Å². The van der Waals surface area contributed by atoms with Crippen molar-refractivity contribution in [1.29, 1.82) is 0 Å². The van der Waals surface area contributed by atoms with E-state index in [1.807, 2.05) is 0 Å². The Morgan fingerprint density at radius 3 is 1.50 bits per heavy atom. The lowest BCUT2D eigenvalue weighted by Crippen LogP contribution is -2.12. The lowest BCUT2D eigenvalue weighted by molar-refractivity contribution is 0.672. The van der Waals surface area contributed by atoms with Crippen LogP contribution in [0.5, 0.6) is 0 Å². The minimum atomic E-state index is 0.886. The molecule has 60 heavy (non-hydrogen) atoms. The summed E-state index contributed by atoms with van der Waals surface area (Å²) in [7, 11) is 0. The first-order valence-electron chi connectivity index (χ1n) is 20.5. The number of para-hydroxylation sites is 2. The lowest BCUT2D eigenvalue weighted by Gasteiger charge is -2.30. The molecule has 0 amide bonds. The zero-order chi connectivity index (χ0) is 39.8. The molecule has 1 aromatic heterocycles. The van der Waals surface area contributed by atoms with Crippen LogP contribution in [0.1, 0.15) is 0 Å². The molecule has 0 unspecified atom stereocenters. The van der Waals surface area contributed by atoms with Crippen LogP contribution in [0.3, 0.4) is 0 Å². The molecule has 0 aliphatic rings. The number of hydrogen-bond acceptors (Lipinski definition) is 2. The Kier molecular flexibility index (Phi) is 8.87. The molecule has 0 fully saturated rings. The van der Waals surface area contributed by atoms with Crippen LogP contribution in [0.25, 0.3) is 88.3 Å². The monoisotopic (exact) mass is 765 g/mol. The molecule has 0 N–H and O–H groups in total. The normalized spacial score (nSPS) is 11.3. The molecule has 0 atom stereocenters. The Balaban J connectivity index is 1.06. The van der Waals surface area contributed by atoms with Gasteiger partial charge in [0.25, 0.3) is 0 Å².